The summed E-state index contributed by atoms with van der Waals surface area (Å²) in [7, 11) is 0. The van der Waals surface area contributed by atoms with E-state index in [4.69, 9.17) is 17.3 Å². The Labute approximate surface area is 228 Å². The van der Waals surface area contributed by atoms with Gasteiger partial charge in [-0.25, -0.2) is 20.0 Å². The van der Waals surface area contributed by atoms with E-state index >= 15 is 0 Å². The van der Waals surface area contributed by atoms with Gasteiger partial charge in [-0.05, 0) is 71.2 Å². The highest BCUT2D eigenvalue weighted by Crippen LogP contribution is 2.56. The lowest BCUT2D eigenvalue weighted by Gasteiger charge is -2.38. The first-order valence-electron chi connectivity index (χ1n) is 12.8. The molecular formula is C30H43ClN6. The van der Waals surface area contributed by atoms with E-state index in [9.17, 15) is 0 Å². The molecule has 2 rings (SSSR count). The van der Waals surface area contributed by atoms with Crippen molar-refractivity contribution >= 4 is 41.9 Å². The molecule has 0 radical (unpaired) electrons. The third-order valence-corrected chi connectivity index (χ3v) is 7.71. The molecule has 1 aromatic rings. The van der Waals surface area contributed by atoms with Gasteiger partial charge in [-0.15, -0.1) is 0 Å². The standard InChI is InChI=1S/C30H43ClN6/c1-11-24(21(4)16-17-34-23(6)33-10)14-12-13-15-25-22(5)37(30(9,31)29(25,7)8)27-19-35-26(18-20(2)3)28(32)36-27/h14-19,21H,5,10-13H2,1-4,6-9H3,(H2,32,36)/b17-16-,24-14+,25-15-,34-23?. The summed E-state index contributed by atoms with van der Waals surface area (Å²) in [5.74, 6) is 1.93. The highest BCUT2D eigenvalue weighted by Gasteiger charge is 2.55. The van der Waals surface area contributed by atoms with Gasteiger partial charge in [0.1, 0.15) is 16.5 Å². The number of allylic oxidation sites excluding steroid dienone is 6. The van der Waals surface area contributed by atoms with Crippen molar-refractivity contribution in [1.82, 2.24) is 9.97 Å². The Morgan fingerprint density at radius 1 is 1.24 bits per heavy atom. The lowest BCUT2D eigenvalue weighted by Crippen LogP contribution is -2.44. The molecule has 0 saturated carbocycles. The van der Waals surface area contributed by atoms with Crippen molar-refractivity contribution in [2.75, 3.05) is 10.6 Å². The van der Waals surface area contributed by atoms with Crippen molar-refractivity contribution in [3.63, 3.8) is 0 Å². The van der Waals surface area contributed by atoms with Crippen molar-refractivity contribution in [1.29, 1.82) is 0 Å². The highest BCUT2D eigenvalue weighted by atomic mass is 35.5. The van der Waals surface area contributed by atoms with Crippen molar-refractivity contribution in [3.8, 4) is 0 Å². The molecule has 1 aliphatic rings. The summed E-state index contributed by atoms with van der Waals surface area (Å²) in [5, 5.41) is 0. The average Bonchev–Trinajstić information content (AvgIpc) is 2.95. The number of aliphatic imine (C=N–C) groups is 2. The van der Waals surface area contributed by atoms with Gasteiger partial charge in [-0.3, -0.25) is 0 Å². The van der Waals surface area contributed by atoms with E-state index in [0.717, 1.165) is 36.1 Å². The lowest BCUT2D eigenvalue weighted by molar-refractivity contribution is 0.362. The number of anilines is 2. The van der Waals surface area contributed by atoms with Crippen LogP contribution in [-0.2, 0) is 0 Å². The summed E-state index contributed by atoms with van der Waals surface area (Å²) in [5.41, 5.74) is 10.9. The zero-order chi connectivity index (χ0) is 28.0. The monoisotopic (exact) mass is 522 g/mol. The molecule has 1 aromatic heterocycles. The molecule has 0 spiro atoms. The van der Waals surface area contributed by atoms with Crippen LogP contribution in [0.15, 0.2) is 69.6 Å². The van der Waals surface area contributed by atoms with E-state index in [-0.39, 0.29) is 5.41 Å². The summed E-state index contributed by atoms with van der Waals surface area (Å²) in [6.07, 6.45) is 14.9. The average molecular weight is 523 g/mol. The van der Waals surface area contributed by atoms with Crippen LogP contribution in [0.5, 0.6) is 0 Å². The zero-order valence-electron chi connectivity index (χ0n) is 23.8. The van der Waals surface area contributed by atoms with E-state index in [1.54, 1.807) is 6.20 Å². The van der Waals surface area contributed by atoms with Crippen molar-refractivity contribution in [3.05, 3.63) is 65.3 Å². The Hall–Kier alpha value is -2.99. The fourth-order valence-electron chi connectivity index (χ4n) is 4.47. The van der Waals surface area contributed by atoms with E-state index in [0.29, 0.717) is 29.1 Å². The van der Waals surface area contributed by atoms with E-state index in [1.165, 1.54) is 5.57 Å². The predicted octanol–water partition coefficient (Wildman–Crippen LogP) is 8.11. The number of alkyl halides is 1. The quantitative estimate of drug-likeness (QED) is 0.0886. The molecule has 37 heavy (non-hydrogen) atoms. The Bertz CT molecular complexity index is 1160. The van der Waals surface area contributed by atoms with Crippen LogP contribution in [0.25, 0.3) is 6.08 Å². The lowest BCUT2D eigenvalue weighted by atomic mass is 9.80. The highest BCUT2D eigenvalue weighted by molar-refractivity contribution is 6.27. The minimum atomic E-state index is -0.780. The predicted molar refractivity (Wildman–Crippen MR) is 162 cm³/mol. The molecule has 200 valence electrons. The van der Waals surface area contributed by atoms with Gasteiger partial charge in [0.2, 0.25) is 0 Å². The first-order valence-corrected chi connectivity index (χ1v) is 13.2. The minimum absolute atomic E-state index is 0.303. The zero-order valence-corrected chi connectivity index (χ0v) is 24.5. The maximum atomic E-state index is 7.20. The number of amidine groups is 1. The number of nitrogen functional groups attached to an aromatic ring is 1. The molecule has 0 bridgehead atoms. The third-order valence-electron chi connectivity index (χ3n) is 7.07. The second-order valence-corrected chi connectivity index (χ2v) is 11.1. The maximum absolute atomic E-state index is 7.20. The van der Waals surface area contributed by atoms with Crippen LogP contribution in [0.2, 0.25) is 0 Å². The van der Waals surface area contributed by atoms with Crippen LogP contribution >= 0.6 is 11.6 Å². The molecule has 0 amide bonds. The molecule has 2 heterocycles. The van der Waals surface area contributed by atoms with Crippen molar-refractivity contribution in [2.24, 2.45) is 21.3 Å². The van der Waals surface area contributed by atoms with Gasteiger partial charge in [-0.1, -0.05) is 75.2 Å². The Morgan fingerprint density at radius 3 is 2.49 bits per heavy atom. The van der Waals surface area contributed by atoms with Gasteiger partial charge >= 0.3 is 0 Å². The van der Waals surface area contributed by atoms with Crippen LogP contribution in [0.4, 0.5) is 11.6 Å². The number of hydrogen-bond donors (Lipinski definition) is 1. The van der Waals surface area contributed by atoms with E-state index in [2.05, 4.69) is 79.2 Å². The fraction of sp³-hybridized carbons (Fsp3) is 0.467. The number of unbranched alkanes of at least 4 members (excludes halogenated alkanes) is 1. The molecule has 2 atom stereocenters. The molecule has 1 fully saturated rings. The van der Waals surface area contributed by atoms with Crippen molar-refractivity contribution < 1.29 is 0 Å². The topological polar surface area (TPSA) is 79.8 Å². The van der Waals surface area contributed by atoms with Crippen LogP contribution in [0.1, 0.15) is 80.3 Å². The maximum Gasteiger partial charge on any atom is 0.155 e. The Morgan fingerprint density at radius 2 is 1.92 bits per heavy atom. The van der Waals surface area contributed by atoms with Crippen LogP contribution in [0.3, 0.4) is 0 Å². The van der Waals surface area contributed by atoms with Gasteiger partial charge in [0.05, 0.1) is 6.20 Å². The van der Waals surface area contributed by atoms with E-state index < -0.39 is 5.00 Å². The molecule has 1 saturated heterocycles. The number of rotatable bonds is 9. The van der Waals surface area contributed by atoms with Crippen LogP contribution in [0, 0.1) is 11.3 Å². The minimum Gasteiger partial charge on any atom is -0.382 e. The molecule has 1 aliphatic heterocycles. The number of nitrogens with zero attached hydrogens (tertiary/aromatic N) is 5. The van der Waals surface area contributed by atoms with E-state index in [1.807, 2.05) is 44.9 Å². The summed E-state index contributed by atoms with van der Waals surface area (Å²) >= 11 is 7.20. The van der Waals surface area contributed by atoms with Gasteiger partial charge in [0.15, 0.2) is 11.6 Å². The summed E-state index contributed by atoms with van der Waals surface area (Å²) in [6, 6.07) is 0. The Balaban J connectivity index is 2.26. The molecular weight excluding hydrogens is 480 g/mol. The molecule has 2 N–H and O–H groups in total. The van der Waals surface area contributed by atoms with Gasteiger partial charge in [-0.2, -0.15) is 0 Å². The first kappa shape index (κ1) is 30.2. The Kier molecular flexibility index (Phi) is 10.2. The number of hydrogen-bond acceptors (Lipinski definition) is 5. The summed E-state index contributed by atoms with van der Waals surface area (Å²) in [4.78, 5) is 18.4. The molecule has 2 unspecified atom stereocenters. The smallest absolute Gasteiger partial charge is 0.155 e. The van der Waals surface area contributed by atoms with Gasteiger partial charge in [0, 0.05) is 17.3 Å². The van der Waals surface area contributed by atoms with Crippen LogP contribution < -0.4 is 10.6 Å². The SMILES string of the molecule is C=NC(C)=N/C=C\C(C)/C(=C/CC/C=C1/C(=C)N(c2cnc(C=C(C)C)c(N)n2)C(C)(Cl)C1(C)C)CC. The third kappa shape index (κ3) is 6.86. The normalized spacial score (nSPS) is 22.1. The summed E-state index contributed by atoms with van der Waals surface area (Å²) in [6.45, 7) is 24.4. The van der Waals surface area contributed by atoms with Crippen molar-refractivity contribution in [2.45, 2.75) is 79.7 Å². The first-order chi connectivity index (χ1) is 17.3. The molecule has 7 heteroatoms. The number of aromatic nitrogens is 2. The molecule has 6 nitrogen and oxygen atoms in total. The second-order valence-electron chi connectivity index (χ2n) is 10.4. The van der Waals surface area contributed by atoms with Crippen LogP contribution in [-0.4, -0.2) is 27.5 Å². The fourth-order valence-corrected chi connectivity index (χ4v) is 4.77. The molecule has 0 aromatic carbocycles. The summed E-state index contributed by atoms with van der Waals surface area (Å²) < 4.78 is 0. The van der Waals surface area contributed by atoms with Gasteiger partial charge in [0.25, 0.3) is 0 Å². The second kappa shape index (κ2) is 12.5. The number of nitrogens with two attached hydrogens (primary N) is 1. The number of halogens is 1. The molecule has 0 aliphatic carbocycles. The largest absolute Gasteiger partial charge is 0.382 e. The van der Waals surface area contributed by atoms with Gasteiger partial charge < -0.3 is 10.6 Å².